The summed E-state index contributed by atoms with van der Waals surface area (Å²) in [6.45, 7) is 0. The minimum Gasteiger partial charge on any atom is -0.497 e. The van der Waals surface area contributed by atoms with E-state index < -0.39 is 12.3 Å². The number of nitrogens with zero attached hydrogens (tertiary/aromatic N) is 2. The molecule has 0 aromatic heterocycles. The van der Waals surface area contributed by atoms with Gasteiger partial charge in [0.25, 0.3) is 0 Å². The topological polar surface area (TPSA) is 66.0 Å². The van der Waals surface area contributed by atoms with Gasteiger partial charge in [-0.15, -0.1) is 0 Å². The number of halogens is 2. The van der Waals surface area contributed by atoms with Crippen molar-refractivity contribution in [2.75, 3.05) is 14.2 Å². The Morgan fingerprint density at radius 3 is 2.41 bits per heavy atom. The molecule has 1 aromatic rings. The summed E-state index contributed by atoms with van der Waals surface area (Å²) in [4.78, 5) is 0. The van der Waals surface area contributed by atoms with Gasteiger partial charge in [-0.25, -0.2) is 8.78 Å². The molecule has 114 valence electrons. The molecule has 2 rings (SSSR count). The molecule has 1 aliphatic rings. The van der Waals surface area contributed by atoms with Gasteiger partial charge in [-0.2, -0.15) is 10.5 Å². The van der Waals surface area contributed by atoms with Crippen molar-refractivity contribution < 1.29 is 18.3 Å². The van der Waals surface area contributed by atoms with Crippen LogP contribution >= 0.6 is 0 Å². The Kier molecular flexibility index (Phi) is 4.62. The molecule has 0 spiro atoms. The fraction of sp³-hybridized carbons (Fsp3) is 0.375. The van der Waals surface area contributed by atoms with Crippen LogP contribution in [0, 0.1) is 28.6 Å². The van der Waals surface area contributed by atoms with E-state index in [0.717, 1.165) is 5.56 Å². The van der Waals surface area contributed by atoms with E-state index in [9.17, 15) is 8.78 Å². The third-order valence-electron chi connectivity index (χ3n) is 3.80. The van der Waals surface area contributed by atoms with Crippen molar-refractivity contribution in [1.29, 1.82) is 10.5 Å². The van der Waals surface area contributed by atoms with Crippen LogP contribution < -0.4 is 9.47 Å². The monoisotopic (exact) mass is 304 g/mol. The molecule has 0 bridgehead atoms. The highest BCUT2D eigenvalue weighted by Crippen LogP contribution is 2.45. The van der Waals surface area contributed by atoms with Crippen LogP contribution in [0.2, 0.25) is 0 Å². The van der Waals surface area contributed by atoms with Gasteiger partial charge in [0.15, 0.2) is 0 Å². The van der Waals surface area contributed by atoms with Crippen molar-refractivity contribution in [3.8, 4) is 23.6 Å². The zero-order valence-electron chi connectivity index (χ0n) is 12.2. The molecule has 0 N–H and O–H groups in total. The molecule has 0 amide bonds. The van der Waals surface area contributed by atoms with E-state index in [2.05, 4.69) is 0 Å². The van der Waals surface area contributed by atoms with E-state index in [1.54, 1.807) is 24.3 Å². The molecule has 0 aliphatic heterocycles. The third kappa shape index (κ3) is 2.60. The Bertz CT molecular complexity index is 683. The maximum Gasteiger partial charge on any atom is 0.245 e. The summed E-state index contributed by atoms with van der Waals surface area (Å²) in [6, 6.07) is 6.70. The number of nitriles is 2. The zero-order valence-corrected chi connectivity index (χ0v) is 12.2. The first-order chi connectivity index (χ1) is 10.6. The number of benzene rings is 1. The number of ether oxygens (including phenoxy) is 2. The van der Waals surface area contributed by atoms with E-state index in [0.29, 0.717) is 23.5 Å². The fourth-order valence-corrected chi connectivity index (χ4v) is 2.78. The SMILES string of the molecule is COc1cc(OC)c2c(c1)C(=C(C#N)C#N)C(C(F)F)CC2. The van der Waals surface area contributed by atoms with Crippen LogP contribution in [-0.4, -0.2) is 20.6 Å². The number of fused-ring (bicyclic) bond motifs is 1. The summed E-state index contributed by atoms with van der Waals surface area (Å²) in [5.74, 6) is -0.202. The van der Waals surface area contributed by atoms with Gasteiger partial charge in [-0.3, -0.25) is 0 Å². The van der Waals surface area contributed by atoms with E-state index in [4.69, 9.17) is 20.0 Å². The minimum atomic E-state index is -2.64. The average Bonchev–Trinajstić information content (AvgIpc) is 2.54. The van der Waals surface area contributed by atoms with Crippen LogP contribution in [0.5, 0.6) is 11.5 Å². The summed E-state index contributed by atoms with van der Waals surface area (Å²) >= 11 is 0. The van der Waals surface area contributed by atoms with Crippen LogP contribution in [0.15, 0.2) is 17.7 Å². The van der Waals surface area contributed by atoms with Gasteiger partial charge in [0.2, 0.25) is 6.43 Å². The standard InChI is InChI=1S/C16H14F2N2O2/c1-21-10-5-13-11(14(6-10)22-2)3-4-12(16(17)18)15(13)9(7-19)8-20/h5-6,12,16H,3-4H2,1-2H3. The lowest BCUT2D eigenvalue weighted by atomic mass is 9.77. The summed E-state index contributed by atoms with van der Waals surface area (Å²) in [7, 11) is 2.93. The van der Waals surface area contributed by atoms with Crippen LogP contribution in [0.4, 0.5) is 8.78 Å². The Morgan fingerprint density at radius 1 is 1.23 bits per heavy atom. The van der Waals surface area contributed by atoms with Crippen LogP contribution in [-0.2, 0) is 6.42 Å². The second-order valence-corrected chi connectivity index (χ2v) is 4.85. The fourth-order valence-electron chi connectivity index (χ4n) is 2.78. The van der Waals surface area contributed by atoms with Gasteiger partial charge < -0.3 is 9.47 Å². The Balaban J connectivity index is 2.79. The molecule has 0 heterocycles. The lowest BCUT2D eigenvalue weighted by molar-refractivity contribution is 0.0989. The molecule has 0 saturated carbocycles. The largest absolute Gasteiger partial charge is 0.497 e. The first-order valence-corrected chi connectivity index (χ1v) is 6.65. The number of hydrogen-bond acceptors (Lipinski definition) is 4. The zero-order chi connectivity index (χ0) is 16.3. The van der Waals surface area contributed by atoms with Crippen LogP contribution in [0.25, 0.3) is 5.57 Å². The van der Waals surface area contributed by atoms with Crippen molar-refractivity contribution in [3.05, 3.63) is 28.8 Å². The average molecular weight is 304 g/mol. The number of allylic oxidation sites excluding steroid dienone is 2. The molecular formula is C16H14F2N2O2. The molecule has 0 radical (unpaired) electrons. The van der Waals surface area contributed by atoms with Gasteiger partial charge >= 0.3 is 0 Å². The van der Waals surface area contributed by atoms with Crippen molar-refractivity contribution in [2.24, 2.45) is 5.92 Å². The summed E-state index contributed by atoms with van der Waals surface area (Å²) in [5, 5.41) is 18.2. The number of methoxy groups -OCH3 is 2. The molecule has 1 aromatic carbocycles. The quantitative estimate of drug-likeness (QED) is 0.803. The third-order valence-corrected chi connectivity index (χ3v) is 3.80. The van der Waals surface area contributed by atoms with Crippen molar-refractivity contribution in [2.45, 2.75) is 19.3 Å². The van der Waals surface area contributed by atoms with Gasteiger partial charge in [0.1, 0.15) is 29.2 Å². The molecule has 22 heavy (non-hydrogen) atoms. The molecule has 4 nitrogen and oxygen atoms in total. The van der Waals surface area contributed by atoms with Gasteiger partial charge in [0.05, 0.1) is 14.2 Å². The van der Waals surface area contributed by atoms with Crippen molar-refractivity contribution in [3.63, 3.8) is 0 Å². The van der Waals surface area contributed by atoms with Gasteiger partial charge in [-0.05, 0) is 30.0 Å². The highest BCUT2D eigenvalue weighted by atomic mass is 19.3. The highest BCUT2D eigenvalue weighted by molar-refractivity contribution is 5.81. The predicted octanol–water partition coefficient (Wildman–Crippen LogP) is 3.33. The van der Waals surface area contributed by atoms with E-state index in [1.165, 1.54) is 14.2 Å². The predicted molar refractivity (Wildman–Crippen MR) is 75.5 cm³/mol. The minimum absolute atomic E-state index is 0.0819. The maximum absolute atomic E-state index is 13.3. The second-order valence-electron chi connectivity index (χ2n) is 4.85. The maximum atomic E-state index is 13.3. The normalized spacial score (nSPS) is 16.5. The first kappa shape index (κ1) is 15.8. The molecular weight excluding hydrogens is 290 g/mol. The number of rotatable bonds is 3. The number of hydrogen-bond donors (Lipinski definition) is 0. The molecule has 0 fully saturated rings. The molecule has 1 aliphatic carbocycles. The molecule has 1 atom stereocenters. The molecule has 1 unspecified atom stereocenters. The van der Waals surface area contributed by atoms with E-state index in [-0.39, 0.29) is 17.6 Å². The Hall–Kier alpha value is -2.60. The van der Waals surface area contributed by atoms with Gasteiger partial charge in [0, 0.05) is 17.5 Å². The van der Waals surface area contributed by atoms with E-state index >= 15 is 0 Å². The second kappa shape index (κ2) is 6.44. The smallest absolute Gasteiger partial charge is 0.245 e. The van der Waals surface area contributed by atoms with E-state index in [1.807, 2.05) is 0 Å². The first-order valence-electron chi connectivity index (χ1n) is 6.65. The lowest BCUT2D eigenvalue weighted by Crippen LogP contribution is -2.21. The van der Waals surface area contributed by atoms with Crippen LogP contribution in [0.1, 0.15) is 17.5 Å². The number of alkyl halides is 2. The summed E-state index contributed by atoms with van der Waals surface area (Å²) in [6.07, 6.45) is -2.09. The Labute approximate surface area is 127 Å². The summed E-state index contributed by atoms with van der Waals surface area (Å²) in [5.41, 5.74) is 0.948. The molecule has 0 saturated heterocycles. The highest BCUT2D eigenvalue weighted by Gasteiger charge is 2.35. The van der Waals surface area contributed by atoms with Crippen LogP contribution in [0.3, 0.4) is 0 Å². The molecule has 6 heteroatoms. The van der Waals surface area contributed by atoms with Crippen molar-refractivity contribution in [1.82, 2.24) is 0 Å². The summed E-state index contributed by atoms with van der Waals surface area (Å²) < 4.78 is 37.1. The van der Waals surface area contributed by atoms with Crippen molar-refractivity contribution >= 4 is 5.57 Å². The Morgan fingerprint density at radius 2 is 1.91 bits per heavy atom. The van der Waals surface area contributed by atoms with Gasteiger partial charge in [-0.1, -0.05) is 0 Å². The lowest BCUT2D eigenvalue weighted by Gasteiger charge is -2.29.